The Kier molecular flexibility index (Phi) is 6.72. The molecule has 1 fully saturated rings. The second-order valence-corrected chi connectivity index (χ2v) is 9.54. The maximum atomic E-state index is 13.4. The van der Waals surface area contributed by atoms with Crippen molar-refractivity contribution < 1.29 is 17.6 Å². The van der Waals surface area contributed by atoms with Crippen molar-refractivity contribution in [3.05, 3.63) is 64.2 Å². The second-order valence-electron chi connectivity index (χ2n) is 7.20. The summed E-state index contributed by atoms with van der Waals surface area (Å²) in [6.45, 7) is 2.40. The van der Waals surface area contributed by atoms with E-state index >= 15 is 0 Å². The number of aromatic nitrogens is 2. The Labute approximate surface area is 179 Å². The molecule has 1 aliphatic rings. The third-order valence-electron chi connectivity index (χ3n) is 4.71. The van der Waals surface area contributed by atoms with Gasteiger partial charge in [-0.1, -0.05) is 23.7 Å². The van der Waals surface area contributed by atoms with Gasteiger partial charge >= 0.3 is 0 Å². The lowest BCUT2D eigenvalue weighted by molar-refractivity contribution is 0.0941. The van der Waals surface area contributed by atoms with E-state index in [0.29, 0.717) is 10.8 Å². The van der Waals surface area contributed by atoms with Gasteiger partial charge in [0, 0.05) is 29.3 Å². The van der Waals surface area contributed by atoms with Crippen LogP contribution in [0.15, 0.2) is 42.1 Å². The third kappa shape index (κ3) is 5.54. The van der Waals surface area contributed by atoms with Gasteiger partial charge in [-0.25, -0.2) is 22.8 Å². The Balaban J connectivity index is 1.71. The van der Waals surface area contributed by atoms with Crippen molar-refractivity contribution in [1.82, 2.24) is 15.3 Å². The van der Waals surface area contributed by atoms with E-state index in [0.717, 1.165) is 36.6 Å². The van der Waals surface area contributed by atoms with Gasteiger partial charge in [-0.3, -0.25) is 4.79 Å². The number of carbonyl (C=O) groups excluding carboxylic acids is 1. The second kappa shape index (κ2) is 9.09. The Morgan fingerprint density at radius 1 is 1.37 bits per heavy atom. The molecule has 1 N–H and O–H groups in total. The number of sulfone groups is 1. The zero-order valence-corrected chi connectivity index (χ0v) is 18.1. The zero-order chi connectivity index (χ0) is 21.9. The molecule has 2 aromatic rings. The quantitative estimate of drug-likeness (QED) is 0.723. The number of rotatable bonds is 6. The van der Waals surface area contributed by atoms with Crippen LogP contribution in [0.3, 0.4) is 0 Å². The zero-order valence-electron chi connectivity index (χ0n) is 16.5. The van der Waals surface area contributed by atoms with E-state index in [1.807, 2.05) is 4.90 Å². The molecule has 0 unspecified atom stereocenters. The summed E-state index contributed by atoms with van der Waals surface area (Å²) in [6, 6.07) is 3.83. The van der Waals surface area contributed by atoms with Gasteiger partial charge in [0.1, 0.15) is 17.3 Å². The first-order valence-electron chi connectivity index (χ1n) is 9.37. The standard InChI is InChI=1S/C20H22ClFN4O3S/c1-13(7-9-30(2,28)29)25-20(27)17-11-24-19(12-23-17)26-8-3-4-18(26)15-6-5-14(22)10-16(15)21/h5-7,9-13,18H,3-4,8H2,1-2H3,(H,25,27)/b9-7+/t13-,18-/m1/s1. The highest BCUT2D eigenvalue weighted by Gasteiger charge is 2.29. The van der Waals surface area contributed by atoms with Gasteiger partial charge in [0.05, 0.1) is 18.4 Å². The van der Waals surface area contributed by atoms with Crippen LogP contribution >= 0.6 is 11.6 Å². The van der Waals surface area contributed by atoms with E-state index < -0.39 is 21.8 Å². The van der Waals surface area contributed by atoms with Crippen molar-refractivity contribution in [3.8, 4) is 0 Å². The van der Waals surface area contributed by atoms with Crippen LogP contribution in [0.1, 0.15) is 41.9 Å². The molecule has 1 amide bonds. The lowest BCUT2D eigenvalue weighted by atomic mass is 10.0. The molecule has 10 heteroatoms. The highest BCUT2D eigenvalue weighted by molar-refractivity contribution is 7.93. The lowest BCUT2D eigenvalue weighted by Crippen LogP contribution is -2.32. The van der Waals surface area contributed by atoms with Gasteiger partial charge in [-0.05, 0) is 37.5 Å². The Morgan fingerprint density at radius 2 is 2.13 bits per heavy atom. The number of carbonyl (C=O) groups is 1. The van der Waals surface area contributed by atoms with Gasteiger partial charge in [-0.2, -0.15) is 0 Å². The fourth-order valence-electron chi connectivity index (χ4n) is 3.31. The summed E-state index contributed by atoms with van der Waals surface area (Å²) in [5.74, 6) is -0.247. The number of benzene rings is 1. The van der Waals surface area contributed by atoms with E-state index in [9.17, 15) is 17.6 Å². The molecule has 1 aromatic heterocycles. The third-order valence-corrected chi connectivity index (χ3v) is 5.69. The fraction of sp³-hybridized carbons (Fsp3) is 0.350. The summed E-state index contributed by atoms with van der Waals surface area (Å²) in [5.41, 5.74) is 0.944. The predicted octanol–water partition coefficient (Wildman–Crippen LogP) is 3.29. The normalized spacial score (nSPS) is 18.0. The topological polar surface area (TPSA) is 92.3 Å². The van der Waals surface area contributed by atoms with Crippen molar-refractivity contribution in [2.24, 2.45) is 0 Å². The number of anilines is 1. The van der Waals surface area contributed by atoms with Crippen LogP contribution in [0, 0.1) is 5.82 Å². The summed E-state index contributed by atoms with van der Waals surface area (Å²) >= 11 is 6.23. The summed E-state index contributed by atoms with van der Waals surface area (Å²) in [7, 11) is -3.26. The van der Waals surface area contributed by atoms with Crippen molar-refractivity contribution >= 4 is 33.2 Å². The Morgan fingerprint density at radius 3 is 2.77 bits per heavy atom. The highest BCUT2D eigenvalue weighted by Crippen LogP contribution is 2.38. The minimum absolute atomic E-state index is 0.0479. The molecule has 30 heavy (non-hydrogen) atoms. The van der Waals surface area contributed by atoms with Gasteiger partial charge in [0.15, 0.2) is 9.84 Å². The average Bonchev–Trinajstić information content (AvgIpc) is 3.15. The number of hydrogen-bond acceptors (Lipinski definition) is 6. The van der Waals surface area contributed by atoms with E-state index in [1.165, 1.54) is 30.6 Å². The van der Waals surface area contributed by atoms with Crippen molar-refractivity contribution in [2.45, 2.75) is 31.8 Å². The first kappa shape index (κ1) is 22.2. The monoisotopic (exact) mass is 452 g/mol. The average molecular weight is 453 g/mol. The first-order valence-corrected chi connectivity index (χ1v) is 11.7. The predicted molar refractivity (Wildman–Crippen MR) is 114 cm³/mol. The van der Waals surface area contributed by atoms with Crippen LogP contribution in [0.25, 0.3) is 0 Å². The molecule has 2 atom stereocenters. The van der Waals surface area contributed by atoms with Crippen LogP contribution < -0.4 is 10.2 Å². The molecule has 1 aromatic carbocycles. The van der Waals surface area contributed by atoms with Crippen molar-refractivity contribution in [2.75, 3.05) is 17.7 Å². The molecular weight excluding hydrogens is 431 g/mol. The van der Waals surface area contributed by atoms with Crippen LogP contribution in [-0.4, -0.2) is 43.1 Å². The number of hydrogen-bond donors (Lipinski definition) is 1. The van der Waals surface area contributed by atoms with Gasteiger partial charge in [0.2, 0.25) is 0 Å². The summed E-state index contributed by atoms with van der Waals surface area (Å²) < 4.78 is 35.7. The SMILES string of the molecule is C[C@H](/C=C/S(C)(=O)=O)NC(=O)c1cnc(N2CCC[C@@H]2c2ccc(F)cc2Cl)cn1. The van der Waals surface area contributed by atoms with E-state index in [4.69, 9.17) is 11.6 Å². The van der Waals surface area contributed by atoms with Gasteiger partial charge in [-0.15, -0.1) is 0 Å². The van der Waals surface area contributed by atoms with Gasteiger partial charge in [0.25, 0.3) is 5.91 Å². The number of halogens is 2. The molecule has 7 nitrogen and oxygen atoms in total. The summed E-state index contributed by atoms with van der Waals surface area (Å²) in [5, 5.41) is 4.06. The minimum Gasteiger partial charge on any atom is -0.348 e. The lowest BCUT2D eigenvalue weighted by Gasteiger charge is -2.26. The molecule has 160 valence electrons. The van der Waals surface area contributed by atoms with Gasteiger partial charge < -0.3 is 10.2 Å². The summed E-state index contributed by atoms with van der Waals surface area (Å²) in [4.78, 5) is 22.9. The molecule has 0 saturated carbocycles. The van der Waals surface area contributed by atoms with E-state index in [2.05, 4.69) is 15.3 Å². The Hall–Kier alpha value is -2.52. The molecule has 0 bridgehead atoms. The smallest absolute Gasteiger partial charge is 0.271 e. The molecular formula is C20H22ClFN4O3S. The summed E-state index contributed by atoms with van der Waals surface area (Å²) in [6.07, 6.45) is 7.12. The molecule has 2 heterocycles. The number of nitrogens with one attached hydrogen (secondary N) is 1. The molecule has 3 rings (SSSR count). The van der Waals surface area contributed by atoms with E-state index in [-0.39, 0.29) is 17.6 Å². The molecule has 0 spiro atoms. The van der Waals surface area contributed by atoms with Crippen LogP contribution in [0.4, 0.5) is 10.2 Å². The van der Waals surface area contributed by atoms with Crippen LogP contribution in [0.5, 0.6) is 0 Å². The fourth-order valence-corrected chi connectivity index (χ4v) is 4.13. The van der Waals surface area contributed by atoms with E-state index in [1.54, 1.807) is 13.0 Å². The highest BCUT2D eigenvalue weighted by atomic mass is 35.5. The molecule has 1 saturated heterocycles. The van der Waals surface area contributed by atoms with Crippen molar-refractivity contribution in [1.29, 1.82) is 0 Å². The maximum absolute atomic E-state index is 13.4. The number of amides is 1. The van der Waals surface area contributed by atoms with Crippen LogP contribution in [-0.2, 0) is 9.84 Å². The largest absolute Gasteiger partial charge is 0.348 e. The van der Waals surface area contributed by atoms with Crippen LogP contribution in [0.2, 0.25) is 5.02 Å². The van der Waals surface area contributed by atoms with Crippen molar-refractivity contribution in [3.63, 3.8) is 0 Å². The molecule has 1 aliphatic heterocycles. The minimum atomic E-state index is -3.26. The molecule has 0 aliphatic carbocycles. The maximum Gasteiger partial charge on any atom is 0.271 e. The first-order chi connectivity index (χ1) is 14.1. The number of nitrogens with zero attached hydrogens (tertiary/aromatic N) is 3. The molecule has 0 radical (unpaired) electrons. The Bertz CT molecular complexity index is 1060.